The first-order valence-electron chi connectivity index (χ1n) is 5.36. The van der Waals surface area contributed by atoms with Crippen molar-refractivity contribution in [1.29, 1.82) is 0 Å². The Morgan fingerprint density at radius 2 is 2.06 bits per heavy atom. The lowest BCUT2D eigenvalue weighted by molar-refractivity contribution is -0.116. The third-order valence-electron chi connectivity index (χ3n) is 2.14. The van der Waals surface area contributed by atoms with E-state index in [9.17, 15) is 4.79 Å². The van der Waals surface area contributed by atoms with Crippen LogP contribution in [0.25, 0.3) is 6.08 Å². The number of rotatable bonds is 5. The highest BCUT2D eigenvalue weighted by Gasteiger charge is 1.93. The zero-order valence-corrected chi connectivity index (χ0v) is 9.44. The molecule has 1 aromatic carbocycles. The molecule has 3 nitrogen and oxygen atoms in total. The SMILES string of the molecule is Cc1ccc(/C=C/C(=O)NCCCO)cc1. The van der Waals surface area contributed by atoms with Crippen LogP contribution in [0.1, 0.15) is 17.5 Å². The number of benzene rings is 1. The molecule has 0 aromatic heterocycles. The largest absolute Gasteiger partial charge is 0.396 e. The Balaban J connectivity index is 2.41. The quantitative estimate of drug-likeness (QED) is 0.582. The zero-order valence-electron chi connectivity index (χ0n) is 9.44. The summed E-state index contributed by atoms with van der Waals surface area (Å²) in [5, 5.41) is 11.2. The predicted octanol–water partition coefficient (Wildman–Crippen LogP) is 1.51. The smallest absolute Gasteiger partial charge is 0.244 e. The molecule has 16 heavy (non-hydrogen) atoms. The van der Waals surface area contributed by atoms with Gasteiger partial charge in [0.05, 0.1) is 0 Å². The summed E-state index contributed by atoms with van der Waals surface area (Å²) < 4.78 is 0. The van der Waals surface area contributed by atoms with Gasteiger partial charge in [0, 0.05) is 19.2 Å². The summed E-state index contributed by atoms with van der Waals surface area (Å²) >= 11 is 0. The van der Waals surface area contributed by atoms with Crippen LogP contribution in [0.4, 0.5) is 0 Å². The maximum Gasteiger partial charge on any atom is 0.244 e. The van der Waals surface area contributed by atoms with Gasteiger partial charge in [-0.05, 0) is 25.0 Å². The second-order valence-electron chi connectivity index (χ2n) is 3.61. The van der Waals surface area contributed by atoms with E-state index in [0.29, 0.717) is 13.0 Å². The Hall–Kier alpha value is -1.61. The van der Waals surface area contributed by atoms with Crippen molar-refractivity contribution in [2.45, 2.75) is 13.3 Å². The summed E-state index contributed by atoms with van der Waals surface area (Å²) in [7, 11) is 0. The highest BCUT2D eigenvalue weighted by atomic mass is 16.3. The molecule has 0 unspecified atom stereocenters. The van der Waals surface area contributed by atoms with Crippen LogP contribution in [0.2, 0.25) is 0 Å². The first kappa shape index (κ1) is 12.5. The summed E-state index contributed by atoms with van der Waals surface area (Å²) in [4.78, 5) is 11.3. The van der Waals surface area contributed by atoms with Crippen LogP contribution in [0.5, 0.6) is 0 Å². The van der Waals surface area contributed by atoms with E-state index >= 15 is 0 Å². The molecule has 0 saturated heterocycles. The monoisotopic (exact) mass is 219 g/mol. The highest BCUT2D eigenvalue weighted by Crippen LogP contribution is 2.04. The van der Waals surface area contributed by atoms with E-state index in [-0.39, 0.29) is 12.5 Å². The Labute approximate surface area is 95.8 Å². The van der Waals surface area contributed by atoms with Crippen molar-refractivity contribution in [1.82, 2.24) is 5.32 Å². The number of carbonyl (C=O) groups excluding carboxylic acids is 1. The lowest BCUT2D eigenvalue weighted by Gasteiger charge is -1.99. The molecule has 0 fully saturated rings. The minimum atomic E-state index is -0.131. The van der Waals surface area contributed by atoms with Gasteiger partial charge in [0.25, 0.3) is 0 Å². The second-order valence-corrected chi connectivity index (χ2v) is 3.61. The second kappa shape index (κ2) is 6.80. The molecule has 0 saturated carbocycles. The van der Waals surface area contributed by atoms with Gasteiger partial charge in [0.15, 0.2) is 0 Å². The van der Waals surface area contributed by atoms with Gasteiger partial charge >= 0.3 is 0 Å². The van der Waals surface area contributed by atoms with Crippen LogP contribution in [0.3, 0.4) is 0 Å². The van der Waals surface area contributed by atoms with E-state index < -0.39 is 0 Å². The zero-order chi connectivity index (χ0) is 11.8. The van der Waals surface area contributed by atoms with Crippen LogP contribution >= 0.6 is 0 Å². The molecular weight excluding hydrogens is 202 g/mol. The number of amides is 1. The molecule has 0 bridgehead atoms. The van der Waals surface area contributed by atoms with E-state index in [1.807, 2.05) is 31.2 Å². The molecule has 2 N–H and O–H groups in total. The number of aliphatic hydroxyl groups is 1. The van der Waals surface area contributed by atoms with Crippen LogP contribution < -0.4 is 5.32 Å². The number of hydrogen-bond donors (Lipinski definition) is 2. The predicted molar refractivity (Wildman–Crippen MR) is 64.9 cm³/mol. The molecule has 86 valence electrons. The summed E-state index contributed by atoms with van der Waals surface area (Å²) in [6.45, 7) is 2.63. The standard InChI is InChI=1S/C13H17NO2/c1-11-3-5-12(6-4-11)7-8-13(16)14-9-2-10-15/h3-8,15H,2,9-10H2,1H3,(H,14,16)/b8-7+. The maximum atomic E-state index is 11.3. The maximum absolute atomic E-state index is 11.3. The number of aliphatic hydroxyl groups excluding tert-OH is 1. The number of hydrogen-bond acceptors (Lipinski definition) is 2. The number of carbonyl (C=O) groups is 1. The summed E-state index contributed by atoms with van der Waals surface area (Å²) in [6.07, 6.45) is 3.86. The van der Waals surface area contributed by atoms with Crippen molar-refractivity contribution in [2.24, 2.45) is 0 Å². The summed E-state index contributed by atoms with van der Waals surface area (Å²) in [5.74, 6) is -0.131. The molecule has 1 amide bonds. The van der Waals surface area contributed by atoms with Crippen molar-refractivity contribution in [3.8, 4) is 0 Å². The van der Waals surface area contributed by atoms with Crippen molar-refractivity contribution in [3.63, 3.8) is 0 Å². The van der Waals surface area contributed by atoms with Gasteiger partial charge in [0.1, 0.15) is 0 Å². The molecule has 0 aliphatic heterocycles. The average Bonchev–Trinajstić information content (AvgIpc) is 2.29. The Morgan fingerprint density at radius 1 is 1.38 bits per heavy atom. The van der Waals surface area contributed by atoms with Crippen LogP contribution in [0.15, 0.2) is 30.3 Å². The molecule has 1 rings (SSSR count). The van der Waals surface area contributed by atoms with Gasteiger partial charge in [-0.15, -0.1) is 0 Å². The molecule has 1 aromatic rings. The Kier molecular flexibility index (Phi) is 5.29. The van der Waals surface area contributed by atoms with Crippen molar-refractivity contribution in [3.05, 3.63) is 41.5 Å². The third-order valence-corrected chi connectivity index (χ3v) is 2.14. The highest BCUT2D eigenvalue weighted by molar-refractivity contribution is 5.91. The molecule has 0 radical (unpaired) electrons. The third kappa shape index (κ3) is 4.75. The van der Waals surface area contributed by atoms with Crippen LogP contribution in [0, 0.1) is 6.92 Å². The van der Waals surface area contributed by atoms with Gasteiger partial charge < -0.3 is 10.4 Å². The van der Waals surface area contributed by atoms with Crippen LogP contribution in [-0.4, -0.2) is 24.2 Å². The Morgan fingerprint density at radius 3 is 2.69 bits per heavy atom. The van der Waals surface area contributed by atoms with E-state index in [0.717, 1.165) is 5.56 Å². The fraction of sp³-hybridized carbons (Fsp3) is 0.308. The van der Waals surface area contributed by atoms with Gasteiger partial charge in [-0.25, -0.2) is 0 Å². The topological polar surface area (TPSA) is 49.3 Å². The summed E-state index contributed by atoms with van der Waals surface area (Å²) in [5.41, 5.74) is 2.20. The van der Waals surface area contributed by atoms with Gasteiger partial charge in [-0.1, -0.05) is 29.8 Å². The molecule has 0 atom stereocenters. The fourth-order valence-electron chi connectivity index (χ4n) is 1.20. The lowest BCUT2D eigenvalue weighted by atomic mass is 10.1. The van der Waals surface area contributed by atoms with Gasteiger partial charge in [0.2, 0.25) is 5.91 Å². The first-order valence-corrected chi connectivity index (χ1v) is 5.36. The van der Waals surface area contributed by atoms with Crippen molar-refractivity contribution >= 4 is 12.0 Å². The molecule has 0 aliphatic carbocycles. The van der Waals surface area contributed by atoms with Gasteiger partial charge in [-0.2, -0.15) is 0 Å². The number of nitrogens with one attached hydrogen (secondary N) is 1. The van der Waals surface area contributed by atoms with E-state index in [4.69, 9.17) is 5.11 Å². The fourth-order valence-corrected chi connectivity index (χ4v) is 1.20. The van der Waals surface area contributed by atoms with E-state index in [2.05, 4.69) is 5.32 Å². The van der Waals surface area contributed by atoms with Gasteiger partial charge in [-0.3, -0.25) is 4.79 Å². The molecular formula is C13H17NO2. The van der Waals surface area contributed by atoms with Crippen molar-refractivity contribution in [2.75, 3.05) is 13.2 Å². The normalized spacial score (nSPS) is 10.6. The lowest BCUT2D eigenvalue weighted by Crippen LogP contribution is -2.22. The first-order chi connectivity index (χ1) is 7.72. The average molecular weight is 219 g/mol. The minimum Gasteiger partial charge on any atom is -0.396 e. The number of aryl methyl sites for hydroxylation is 1. The minimum absolute atomic E-state index is 0.0992. The van der Waals surface area contributed by atoms with E-state index in [1.165, 1.54) is 11.6 Å². The Bertz CT molecular complexity index is 355. The molecule has 0 spiro atoms. The molecule has 0 aliphatic rings. The molecule has 3 heteroatoms. The van der Waals surface area contributed by atoms with E-state index in [1.54, 1.807) is 6.08 Å². The summed E-state index contributed by atoms with van der Waals surface area (Å²) in [6, 6.07) is 7.94. The van der Waals surface area contributed by atoms with Crippen LogP contribution in [-0.2, 0) is 4.79 Å². The molecule has 0 heterocycles. The van der Waals surface area contributed by atoms with Crippen molar-refractivity contribution < 1.29 is 9.90 Å².